The van der Waals surface area contributed by atoms with Crippen molar-refractivity contribution in [2.45, 2.75) is 43.4 Å². The fraction of sp³-hybridized carbons (Fsp3) is 0.350. The van der Waals surface area contributed by atoms with Crippen LogP contribution in [0.25, 0.3) is 0 Å². The molecule has 0 radical (unpaired) electrons. The molecule has 0 saturated heterocycles. The molecule has 0 N–H and O–H groups in total. The summed E-state index contributed by atoms with van der Waals surface area (Å²) >= 11 is 1.17. The second-order valence-corrected chi connectivity index (χ2v) is 9.07. The highest BCUT2D eigenvalue weighted by Crippen LogP contribution is 2.30. The molecule has 0 aliphatic heterocycles. The number of hydrogen-bond donors (Lipinski definition) is 0. The lowest BCUT2D eigenvalue weighted by Gasteiger charge is -2.20. The molecule has 0 heterocycles. The van der Waals surface area contributed by atoms with Crippen LogP contribution in [0.15, 0.2) is 52.3 Å². The van der Waals surface area contributed by atoms with Gasteiger partial charge in [-0.3, -0.25) is 0 Å². The van der Waals surface area contributed by atoms with Gasteiger partial charge in [-0.15, -0.1) is 3.71 Å². The lowest BCUT2D eigenvalue weighted by molar-refractivity contribution is 0.0599. The number of aryl methyl sites for hydroxylation is 2. The van der Waals surface area contributed by atoms with Crippen LogP contribution in [-0.4, -0.2) is 31.8 Å². The van der Waals surface area contributed by atoms with E-state index in [4.69, 9.17) is 4.74 Å². The molecule has 0 atom stereocenters. The molecule has 2 aromatic carbocycles. The van der Waals surface area contributed by atoms with Crippen LogP contribution in [0.2, 0.25) is 0 Å². The third-order valence-electron chi connectivity index (χ3n) is 4.23. The number of carbonyl (C=O) groups excluding carboxylic acids is 1. The Balaban J connectivity index is 2.37. The molecule has 0 spiro atoms. The van der Waals surface area contributed by atoms with Gasteiger partial charge in [-0.1, -0.05) is 39.0 Å². The monoisotopic (exact) mass is 407 g/mol. The second kappa shape index (κ2) is 9.39. The van der Waals surface area contributed by atoms with Crippen molar-refractivity contribution in [2.24, 2.45) is 0 Å². The summed E-state index contributed by atoms with van der Waals surface area (Å²) in [5.74, 6) is -0.533. The number of carbonyl (C=O) groups is 1. The minimum atomic E-state index is -3.77. The number of esters is 1. The fourth-order valence-corrected chi connectivity index (χ4v) is 5.24. The van der Waals surface area contributed by atoms with Gasteiger partial charge in [0.15, 0.2) is 0 Å². The molecule has 0 amide bonds. The van der Waals surface area contributed by atoms with Gasteiger partial charge in [0.05, 0.1) is 17.6 Å². The van der Waals surface area contributed by atoms with Gasteiger partial charge in [0, 0.05) is 11.4 Å². The molecule has 0 saturated carbocycles. The summed E-state index contributed by atoms with van der Waals surface area (Å²) in [7, 11) is -2.48. The van der Waals surface area contributed by atoms with Crippen LogP contribution in [0.1, 0.15) is 42.3 Å². The maximum atomic E-state index is 13.1. The number of benzene rings is 2. The molecule has 0 aliphatic carbocycles. The Labute approximate surface area is 165 Å². The van der Waals surface area contributed by atoms with Gasteiger partial charge < -0.3 is 4.74 Å². The predicted molar refractivity (Wildman–Crippen MR) is 108 cm³/mol. The predicted octanol–water partition coefficient (Wildman–Crippen LogP) is 4.32. The molecular formula is C20H25NO4S2. The second-order valence-electron chi connectivity index (χ2n) is 5.88. The van der Waals surface area contributed by atoms with Gasteiger partial charge in [-0.2, -0.15) is 0 Å². The van der Waals surface area contributed by atoms with E-state index >= 15 is 0 Å². The van der Waals surface area contributed by atoms with E-state index in [-0.39, 0.29) is 10.5 Å². The lowest BCUT2D eigenvalue weighted by atomic mass is 10.1. The van der Waals surface area contributed by atoms with E-state index in [1.807, 2.05) is 31.2 Å². The summed E-state index contributed by atoms with van der Waals surface area (Å²) < 4.78 is 32.3. The topological polar surface area (TPSA) is 63.7 Å². The molecule has 5 nitrogen and oxygen atoms in total. The zero-order valence-electron chi connectivity index (χ0n) is 16.1. The molecule has 2 aromatic rings. The Bertz CT molecular complexity index is 893. The van der Waals surface area contributed by atoms with E-state index < -0.39 is 16.0 Å². The maximum absolute atomic E-state index is 13.1. The molecule has 2 rings (SSSR count). The summed E-state index contributed by atoms with van der Waals surface area (Å²) in [6, 6.07) is 12.5. The molecule has 7 heteroatoms. The Morgan fingerprint density at radius 1 is 1.04 bits per heavy atom. The highest BCUT2D eigenvalue weighted by atomic mass is 32.3. The molecule has 0 fully saturated rings. The molecule has 0 bridgehead atoms. The van der Waals surface area contributed by atoms with Crippen molar-refractivity contribution in [2.75, 3.05) is 13.7 Å². The number of sulfonamides is 1. The van der Waals surface area contributed by atoms with E-state index in [1.165, 1.54) is 34.4 Å². The largest absolute Gasteiger partial charge is 0.465 e. The van der Waals surface area contributed by atoms with E-state index in [1.54, 1.807) is 19.1 Å². The first kappa shape index (κ1) is 21.5. The number of ether oxygens (including phenoxy) is 1. The molecule has 0 unspecified atom stereocenters. The van der Waals surface area contributed by atoms with Crippen LogP contribution in [0.4, 0.5) is 0 Å². The van der Waals surface area contributed by atoms with Crippen LogP contribution in [-0.2, 0) is 27.6 Å². The van der Waals surface area contributed by atoms with Crippen molar-refractivity contribution in [1.82, 2.24) is 3.71 Å². The summed E-state index contributed by atoms with van der Waals surface area (Å²) in [6.45, 7) is 6.06. The van der Waals surface area contributed by atoms with E-state index in [9.17, 15) is 13.2 Å². The average molecular weight is 408 g/mol. The standard InChI is InChI=1S/C20H25NO4S2/c1-5-15-8-11-17(12-9-15)26-21(7-3)27(23,24)18-13-10-16(6-2)19(14-18)20(22)25-4/h8-14H,5-7H2,1-4H3. The quantitative estimate of drug-likeness (QED) is 0.482. The van der Waals surface area contributed by atoms with Gasteiger partial charge >= 0.3 is 5.97 Å². The van der Waals surface area contributed by atoms with Crippen LogP contribution in [0.3, 0.4) is 0 Å². The first-order valence-electron chi connectivity index (χ1n) is 8.88. The molecule has 146 valence electrons. The Morgan fingerprint density at radius 2 is 1.70 bits per heavy atom. The minimum absolute atomic E-state index is 0.0830. The van der Waals surface area contributed by atoms with Crippen molar-refractivity contribution in [3.63, 3.8) is 0 Å². The summed E-state index contributed by atoms with van der Waals surface area (Å²) in [5, 5.41) is 0. The zero-order chi connectivity index (χ0) is 20.0. The van der Waals surface area contributed by atoms with E-state index in [0.717, 1.165) is 16.9 Å². The van der Waals surface area contributed by atoms with Gasteiger partial charge in [-0.05, 0) is 60.2 Å². The number of methoxy groups -OCH3 is 1. The number of rotatable bonds is 8. The molecule has 0 aliphatic rings. The van der Waals surface area contributed by atoms with Crippen LogP contribution in [0.5, 0.6) is 0 Å². The molecule has 27 heavy (non-hydrogen) atoms. The number of hydrogen-bond acceptors (Lipinski definition) is 5. The van der Waals surface area contributed by atoms with Gasteiger partial charge in [0.2, 0.25) is 0 Å². The van der Waals surface area contributed by atoms with Gasteiger partial charge in [0.25, 0.3) is 10.0 Å². The first-order chi connectivity index (χ1) is 12.9. The van der Waals surface area contributed by atoms with Crippen LogP contribution < -0.4 is 0 Å². The highest BCUT2D eigenvalue weighted by Gasteiger charge is 2.26. The SMILES string of the molecule is CCc1ccc(SN(CC)S(=O)(=O)c2ccc(CC)c(C(=O)OC)c2)cc1. The summed E-state index contributed by atoms with van der Waals surface area (Å²) in [6.07, 6.45) is 1.54. The van der Waals surface area contributed by atoms with Crippen LogP contribution >= 0.6 is 11.9 Å². The maximum Gasteiger partial charge on any atom is 0.338 e. The van der Waals surface area contributed by atoms with Gasteiger partial charge in [-0.25, -0.2) is 13.2 Å². The summed E-state index contributed by atoms with van der Waals surface area (Å²) in [5.41, 5.74) is 2.24. The van der Waals surface area contributed by atoms with Crippen LogP contribution in [0, 0.1) is 0 Å². The van der Waals surface area contributed by atoms with E-state index in [2.05, 4.69) is 6.92 Å². The Kier molecular flexibility index (Phi) is 7.47. The van der Waals surface area contributed by atoms with Crippen molar-refractivity contribution in [1.29, 1.82) is 0 Å². The zero-order valence-corrected chi connectivity index (χ0v) is 17.7. The highest BCUT2D eigenvalue weighted by molar-refractivity contribution is 8.08. The summed E-state index contributed by atoms with van der Waals surface area (Å²) in [4.78, 5) is 13.0. The molecule has 0 aromatic heterocycles. The van der Waals surface area contributed by atoms with Crippen molar-refractivity contribution in [3.8, 4) is 0 Å². The lowest BCUT2D eigenvalue weighted by Crippen LogP contribution is -2.25. The van der Waals surface area contributed by atoms with Crippen molar-refractivity contribution < 1.29 is 17.9 Å². The number of nitrogens with zero attached hydrogens (tertiary/aromatic N) is 1. The normalized spacial score (nSPS) is 11.6. The third-order valence-corrected chi connectivity index (χ3v) is 7.63. The fourth-order valence-electron chi connectivity index (χ4n) is 2.63. The first-order valence-corrected chi connectivity index (χ1v) is 11.1. The van der Waals surface area contributed by atoms with Gasteiger partial charge in [0.1, 0.15) is 0 Å². The smallest absolute Gasteiger partial charge is 0.338 e. The van der Waals surface area contributed by atoms with Crippen molar-refractivity contribution in [3.05, 3.63) is 59.2 Å². The molecular weight excluding hydrogens is 382 g/mol. The average Bonchev–Trinajstić information content (AvgIpc) is 2.71. The Hall–Kier alpha value is -1.83. The van der Waals surface area contributed by atoms with E-state index in [0.29, 0.717) is 13.0 Å². The Morgan fingerprint density at radius 3 is 2.22 bits per heavy atom. The van der Waals surface area contributed by atoms with Crippen molar-refractivity contribution >= 4 is 27.9 Å². The third kappa shape index (κ3) is 4.91. The minimum Gasteiger partial charge on any atom is -0.465 e.